The number of carbonyl (C=O) groups is 1. The smallest absolute Gasteiger partial charge is 0.231 e. The largest absolute Gasteiger partial charge is 0.341 e. The molecule has 0 saturated heterocycles. The van der Waals surface area contributed by atoms with Gasteiger partial charge in [-0.05, 0) is 25.5 Å². The second-order valence-corrected chi connectivity index (χ2v) is 5.28. The Morgan fingerprint density at radius 3 is 2.50 bits per heavy atom. The van der Waals surface area contributed by atoms with Gasteiger partial charge in [-0.25, -0.2) is 0 Å². The highest BCUT2D eigenvalue weighted by Gasteiger charge is 2.21. The minimum Gasteiger partial charge on any atom is -0.341 e. The summed E-state index contributed by atoms with van der Waals surface area (Å²) in [6, 6.07) is 10.2. The fourth-order valence-electron chi connectivity index (χ4n) is 2.31. The molecule has 0 radical (unpaired) electrons. The molecule has 0 spiro atoms. The van der Waals surface area contributed by atoms with Crippen molar-refractivity contribution in [1.82, 2.24) is 14.7 Å². The highest BCUT2D eigenvalue weighted by Crippen LogP contribution is 2.17. The third-order valence-corrected chi connectivity index (χ3v) is 3.59. The normalized spacial score (nSPS) is 12.2. The van der Waals surface area contributed by atoms with E-state index in [2.05, 4.69) is 36.3 Å². The van der Waals surface area contributed by atoms with Crippen LogP contribution in [0.3, 0.4) is 0 Å². The van der Waals surface area contributed by atoms with E-state index in [1.54, 1.807) is 15.8 Å². The zero-order valence-corrected chi connectivity index (χ0v) is 12.5. The Labute approximate surface area is 120 Å². The molecule has 2 aromatic rings. The average Bonchev–Trinajstić information content (AvgIpc) is 2.86. The van der Waals surface area contributed by atoms with Crippen LogP contribution in [0.2, 0.25) is 0 Å². The van der Waals surface area contributed by atoms with Crippen LogP contribution in [0.1, 0.15) is 29.7 Å². The number of aryl methyl sites for hydroxylation is 2. The van der Waals surface area contributed by atoms with Gasteiger partial charge in [-0.1, -0.05) is 29.8 Å². The van der Waals surface area contributed by atoms with Crippen molar-refractivity contribution < 1.29 is 4.79 Å². The number of rotatable bonds is 4. The number of hydrogen-bond acceptors (Lipinski definition) is 2. The van der Waals surface area contributed by atoms with Crippen LogP contribution in [0.4, 0.5) is 0 Å². The Morgan fingerprint density at radius 2 is 1.95 bits per heavy atom. The Kier molecular flexibility index (Phi) is 4.23. The first-order chi connectivity index (χ1) is 9.49. The molecule has 1 aromatic carbocycles. The molecular weight excluding hydrogens is 250 g/mol. The third-order valence-electron chi connectivity index (χ3n) is 3.59. The molecule has 0 aliphatic carbocycles. The van der Waals surface area contributed by atoms with E-state index >= 15 is 0 Å². The highest BCUT2D eigenvalue weighted by molar-refractivity contribution is 5.82. The lowest BCUT2D eigenvalue weighted by Crippen LogP contribution is -2.31. The van der Waals surface area contributed by atoms with Crippen LogP contribution < -0.4 is 0 Å². The number of carbonyl (C=O) groups excluding carboxylic acids is 1. The molecule has 4 nitrogen and oxygen atoms in total. The molecular formula is C16H21N3O. The summed E-state index contributed by atoms with van der Waals surface area (Å²) in [5, 5.41) is 4.12. The Morgan fingerprint density at radius 1 is 1.30 bits per heavy atom. The molecule has 20 heavy (non-hydrogen) atoms. The Bertz CT molecular complexity index is 586. The van der Waals surface area contributed by atoms with Gasteiger partial charge >= 0.3 is 0 Å². The lowest BCUT2D eigenvalue weighted by atomic mass is 10.1. The van der Waals surface area contributed by atoms with Gasteiger partial charge in [0, 0.05) is 26.8 Å². The predicted octanol–water partition coefficient (Wildman–Crippen LogP) is 2.49. The maximum Gasteiger partial charge on any atom is 0.231 e. The van der Waals surface area contributed by atoms with Crippen molar-refractivity contribution >= 4 is 5.91 Å². The molecule has 0 saturated carbocycles. The monoisotopic (exact) mass is 271 g/mol. The maximum atomic E-state index is 12.4. The molecule has 106 valence electrons. The van der Waals surface area contributed by atoms with E-state index in [0.717, 1.165) is 11.3 Å². The van der Waals surface area contributed by atoms with Gasteiger partial charge in [0.05, 0.1) is 11.6 Å². The molecule has 1 heterocycles. The molecule has 1 unspecified atom stereocenters. The Balaban J connectivity index is 2.05. The molecule has 2 rings (SSSR count). The van der Waals surface area contributed by atoms with Gasteiger partial charge < -0.3 is 4.90 Å². The van der Waals surface area contributed by atoms with E-state index in [1.807, 2.05) is 27.1 Å². The van der Waals surface area contributed by atoms with Gasteiger partial charge in [0.2, 0.25) is 5.91 Å². The minimum absolute atomic E-state index is 0.106. The lowest BCUT2D eigenvalue weighted by Gasteiger charge is -2.21. The maximum absolute atomic E-state index is 12.4. The fraction of sp³-hybridized carbons (Fsp3) is 0.375. The van der Waals surface area contributed by atoms with Gasteiger partial charge in [0.1, 0.15) is 0 Å². The predicted molar refractivity (Wildman–Crippen MR) is 79.3 cm³/mol. The first-order valence-corrected chi connectivity index (χ1v) is 6.77. The summed E-state index contributed by atoms with van der Waals surface area (Å²) in [6.07, 6.45) is 1.72. The van der Waals surface area contributed by atoms with E-state index in [0.29, 0.717) is 6.54 Å². The first kappa shape index (κ1) is 14.3. The van der Waals surface area contributed by atoms with Gasteiger partial charge in [-0.15, -0.1) is 0 Å². The van der Waals surface area contributed by atoms with Crippen LogP contribution in [-0.4, -0.2) is 27.6 Å². The van der Waals surface area contributed by atoms with Gasteiger partial charge in [-0.3, -0.25) is 9.48 Å². The highest BCUT2D eigenvalue weighted by atomic mass is 16.2. The van der Waals surface area contributed by atoms with Gasteiger partial charge in [0.15, 0.2) is 0 Å². The van der Waals surface area contributed by atoms with Crippen molar-refractivity contribution in [1.29, 1.82) is 0 Å². The summed E-state index contributed by atoms with van der Waals surface area (Å²) in [5.41, 5.74) is 3.31. The quantitative estimate of drug-likeness (QED) is 0.857. The standard InChI is InChI=1S/C16H21N3O/c1-12-5-7-14(8-6-12)11-18(3)16(20)13(2)15-9-10-17-19(15)4/h5-10,13H,11H2,1-4H3. The average molecular weight is 271 g/mol. The van der Waals surface area contributed by atoms with Crippen molar-refractivity contribution in [2.75, 3.05) is 7.05 Å². The van der Waals surface area contributed by atoms with Gasteiger partial charge in [-0.2, -0.15) is 5.10 Å². The molecule has 0 N–H and O–H groups in total. The van der Waals surface area contributed by atoms with E-state index in [4.69, 9.17) is 0 Å². The number of likely N-dealkylation sites (N-methyl/N-ethyl adjacent to an activating group) is 1. The van der Waals surface area contributed by atoms with Crippen molar-refractivity contribution in [2.45, 2.75) is 26.3 Å². The van der Waals surface area contributed by atoms with Crippen LogP contribution in [0.5, 0.6) is 0 Å². The van der Waals surface area contributed by atoms with E-state index in [-0.39, 0.29) is 11.8 Å². The van der Waals surface area contributed by atoms with Crippen molar-refractivity contribution in [3.05, 3.63) is 53.3 Å². The second kappa shape index (κ2) is 5.90. The van der Waals surface area contributed by atoms with E-state index < -0.39 is 0 Å². The number of benzene rings is 1. The van der Waals surface area contributed by atoms with Crippen LogP contribution in [0.25, 0.3) is 0 Å². The Hall–Kier alpha value is -2.10. The van der Waals surface area contributed by atoms with Crippen LogP contribution in [-0.2, 0) is 18.4 Å². The SMILES string of the molecule is Cc1ccc(CN(C)C(=O)C(C)c2ccnn2C)cc1. The van der Waals surface area contributed by atoms with Crippen molar-refractivity contribution in [3.8, 4) is 0 Å². The molecule has 1 aromatic heterocycles. The topological polar surface area (TPSA) is 38.1 Å². The van der Waals surface area contributed by atoms with Gasteiger partial charge in [0.25, 0.3) is 0 Å². The summed E-state index contributed by atoms with van der Waals surface area (Å²) in [6.45, 7) is 4.61. The minimum atomic E-state index is -0.182. The van der Waals surface area contributed by atoms with E-state index in [9.17, 15) is 4.79 Å². The zero-order valence-electron chi connectivity index (χ0n) is 12.5. The zero-order chi connectivity index (χ0) is 14.7. The number of hydrogen-bond donors (Lipinski definition) is 0. The van der Waals surface area contributed by atoms with Crippen LogP contribution in [0, 0.1) is 6.92 Å². The fourth-order valence-corrected chi connectivity index (χ4v) is 2.31. The van der Waals surface area contributed by atoms with Crippen molar-refractivity contribution in [3.63, 3.8) is 0 Å². The molecule has 1 amide bonds. The summed E-state index contributed by atoms with van der Waals surface area (Å²) >= 11 is 0. The molecule has 4 heteroatoms. The summed E-state index contributed by atoms with van der Waals surface area (Å²) < 4.78 is 1.75. The molecule has 0 aliphatic heterocycles. The summed E-state index contributed by atoms with van der Waals surface area (Å²) in [5.74, 6) is -0.0767. The van der Waals surface area contributed by atoms with Crippen molar-refractivity contribution in [2.24, 2.45) is 7.05 Å². The molecule has 0 aliphatic rings. The van der Waals surface area contributed by atoms with E-state index in [1.165, 1.54) is 5.56 Å². The van der Waals surface area contributed by atoms with Crippen LogP contribution in [0.15, 0.2) is 36.5 Å². The number of amides is 1. The third kappa shape index (κ3) is 3.07. The lowest BCUT2D eigenvalue weighted by molar-refractivity contribution is -0.131. The molecule has 1 atom stereocenters. The summed E-state index contributed by atoms with van der Waals surface area (Å²) in [4.78, 5) is 14.2. The number of aromatic nitrogens is 2. The second-order valence-electron chi connectivity index (χ2n) is 5.28. The molecule has 0 fully saturated rings. The molecule has 0 bridgehead atoms. The summed E-state index contributed by atoms with van der Waals surface area (Å²) in [7, 11) is 3.70. The van der Waals surface area contributed by atoms with Crippen LogP contribution >= 0.6 is 0 Å². The number of nitrogens with zero attached hydrogens (tertiary/aromatic N) is 3. The first-order valence-electron chi connectivity index (χ1n) is 6.77.